The maximum absolute atomic E-state index is 10.6. The van der Waals surface area contributed by atoms with Crippen LogP contribution in [-0.2, 0) is 11.3 Å². The summed E-state index contributed by atoms with van der Waals surface area (Å²) in [4.78, 5) is 15.6. The summed E-state index contributed by atoms with van der Waals surface area (Å²) in [5.74, 6) is 0.703. The molecule has 0 radical (unpaired) electrons. The quantitative estimate of drug-likeness (QED) is 0.163. The number of phenols is 1. The van der Waals surface area contributed by atoms with Crippen molar-refractivity contribution >= 4 is 11.6 Å². The molecule has 39 heavy (non-hydrogen) atoms. The largest absolute Gasteiger partial charge is 0.508 e. The lowest BCUT2D eigenvalue weighted by molar-refractivity contribution is -0.118. The molecule has 0 amide bonds. The molecule has 1 atom stereocenters. The summed E-state index contributed by atoms with van der Waals surface area (Å²) in [6.45, 7) is 7.45. The van der Waals surface area contributed by atoms with E-state index < -0.39 is 0 Å². The van der Waals surface area contributed by atoms with Crippen LogP contribution in [0.1, 0.15) is 60.9 Å². The van der Waals surface area contributed by atoms with E-state index in [1.54, 1.807) is 6.07 Å². The van der Waals surface area contributed by atoms with Crippen LogP contribution in [0.15, 0.2) is 78.9 Å². The van der Waals surface area contributed by atoms with Crippen LogP contribution in [-0.4, -0.2) is 59.2 Å². The minimum Gasteiger partial charge on any atom is -0.508 e. The zero-order chi connectivity index (χ0) is 28.0. The Hall–Kier alpha value is -3.52. The average molecular weight is 530 g/mol. The SMILES string of the molecule is CCC(=O)CCCCN.N=C(N)c1ccc(C(c2cccc(O)c2)N2CCN(Cc3ccccc3)CC2)cc1. The molecule has 4 rings (SSSR count). The van der Waals surface area contributed by atoms with Crippen LogP contribution >= 0.6 is 0 Å². The van der Waals surface area contributed by atoms with E-state index >= 15 is 0 Å². The number of nitrogen functional groups attached to an aromatic ring is 1. The molecular weight excluding hydrogens is 486 g/mol. The summed E-state index contributed by atoms with van der Waals surface area (Å²) in [5, 5.41) is 17.7. The highest BCUT2D eigenvalue weighted by molar-refractivity contribution is 5.94. The van der Waals surface area contributed by atoms with Crippen molar-refractivity contribution in [2.75, 3.05) is 32.7 Å². The Balaban J connectivity index is 0.000000403. The number of benzene rings is 3. The topological polar surface area (TPSA) is 120 Å². The van der Waals surface area contributed by atoms with Gasteiger partial charge < -0.3 is 16.6 Å². The maximum atomic E-state index is 10.6. The molecule has 7 heteroatoms. The van der Waals surface area contributed by atoms with Crippen molar-refractivity contribution in [2.24, 2.45) is 11.5 Å². The van der Waals surface area contributed by atoms with E-state index in [2.05, 4.69) is 46.2 Å². The van der Waals surface area contributed by atoms with E-state index in [0.29, 0.717) is 25.2 Å². The summed E-state index contributed by atoms with van der Waals surface area (Å²) < 4.78 is 0. The third-order valence-corrected chi connectivity index (χ3v) is 7.05. The Morgan fingerprint density at radius 1 is 0.923 bits per heavy atom. The van der Waals surface area contributed by atoms with Crippen molar-refractivity contribution in [2.45, 2.75) is 45.2 Å². The normalized spacial score (nSPS) is 14.7. The second kappa shape index (κ2) is 15.8. The molecule has 0 bridgehead atoms. The molecule has 3 aromatic carbocycles. The standard InChI is InChI=1S/C25H28N4O.C7H15NO/c26-25(27)21-11-9-20(10-12-21)24(22-7-4-8-23(30)17-22)29-15-13-28(14-16-29)18-19-5-2-1-3-6-19;1-2-7(9)5-3-4-6-8/h1-12,17,24,30H,13-16,18H2,(H3,26,27);2-6,8H2,1H3. The molecule has 0 aromatic heterocycles. The number of hydrogen-bond donors (Lipinski definition) is 4. The number of phenolic OH excluding ortho intramolecular Hbond substituents is 1. The Labute approximate surface area is 232 Å². The van der Waals surface area contributed by atoms with Crippen LogP contribution in [0.5, 0.6) is 5.75 Å². The fourth-order valence-electron chi connectivity index (χ4n) is 4.82. The van der Waals surface area contributed by atoms with Gasteiger partial charge in [-0.25, -0.2) is 0 Å². The van der Waals surface area contributed by atoms with Gasteiger partial charge in [0.05, 0.1) is 6.04 Å². The second-order valence-corrected chi connectivity index (χ2v) is 9.97. The Kier molecular flexibility index (Phi) is 12.2. The molecule has 6 N–H and O–H groups in total. The molecule has 1 fully saturated rings. The number of rotatable bonds is 11. The molecule has 3 aromatic rings. The third kappa shape index (κ3) is 9.62. The molecular formula is C32H43N5O2. The first kappa shape index (κ1) is 30.0. The maximum Gasteiger partial charge on any atom is 0.132 e. The summed E-state index contributed by atoms with van der Waals surface area (Å²) in [7, 11) is 0. The lowest BCUT2D eigenvalue weighted by Crippen LogP contribution is -2.47. The van der Waals surface area contributed by atoms with Gasteiger partial charge in [-0.3, -0.25) is 20.0 Å². The molecule has 208 valence electrons. The molecule has 1 aliphatic rings. The third-order valence-electron chi connectivity index (χ3n) is 7.05. The van der Waals surface area contributed by atoms with Crippen molar-refractivity contribution in [1.29, 1.82) is 5.41 Å². The number of nitrogens with one attached hydrogen (secondary N) is 1. The summed E-state index contributed by atoms with van der Waals surface area (Å²) in [6, 6.07) is 26.1. The van der Waals surface area contributed by atoms with Gasteiger partial charge in [-0.15, -0.1) is 0 Å². The highest BCUT2D eigenvalue weighted by Crippen LogP contribution is 2.31. The monoisotopic (exact) mass is 529 g/mol. The van der Waals surface area contributed by atoms with Gasteiger partial charge in [-0.2, -0.15) is 0 Å². The number of piperazine rings is 1. The Morgan fingerprint density at radius 3 is 2.21 bits per heavy atom. The van der Waals surface area contributed by atoms with Gasteiger partial charge in [-0.1, -0.05) is 73.7 Å². The fraction of sp³-hybridized carbons (Fsp3) is 0.375. The van der Waals surface area contributed by atoms with Crippen LogP contribution in [0.3, 0.4) is 0 Å². The van der Waals surface area contributed by atoms with Gasteiger partial charge >= 0.3 is 0 Å². The molecule has 1 heterocycles. The number of hydrogen-bond acceptors (Lipinski definition) is 6. The van der Waals surface area contributed by atoms with Gasteiger partial charge in [0, 0.05) is 51.1 Å². The molecule has 0 saturated carbocycles. The number of unbranched alkanes of at least 4 members (excludes halogenated alkanes) is 1. The number of aromatic hydroxyl groups is 1. The second-order valence-electron chi connectivity index (χ2n) is 9.97. The summed E-state index contributed by atoms with van der Waals surface area (Å²) >= 11 is 0. The van der Waals surface area contributed by atoms with E-state index in [0.717, 1.165) is 62.3 Å². The minimum atomic E-state index is 0.0528. The zero-order valence-corrected chi connectivity index (χ0v) is 23.1. The van der Waals surface area contributed by atoms with Crippen molar-refractivity contribution in [3.63, 3.8) is 0 Å². The van der Waals surface area contributed by atoms with Crippen LogP contribution in [0.4, 0.5) is 0 Å². The van der Waals surface area contributed by atoms with Crippen molar-refractivity contribution in [3.8, 4) is 5.75 Å². The van der Waals surface area contributed by atoms with Crippen LogP contribution in [0.2, 0.25) is 0 Å². The van der Waals surface area contributed by atoms with Gasteiger partial charge in [0.2, 0.25) is 0 Å². The molecule has 1 aliphatic heterocycles. The van der Waals surface area contributed by atoms with Crippen LogP contribution < -0.4 is 11.5 Å². The first-order valence-corrected chi connectivity index (χ1v) is 13.9. The smallest absolute Gasteiger partial charge is 0.132 e. The van der Waals surface area contributed by atoms with E-state index in [4.69, 9.17) is 16.9 Å². The van der Waals surface area contributed by atoms with Gasteiger partial charge in [-0.05, 0) is 48.2 Å². The lowest BCUT2D eigenvalue weighted by atomic mass is 9.95. The number of carbonyl (C=O) groups is 1. The number of nitrogens with zero attached hydrogens (tertiary/aromatic N) is 2. The fourth-order valence-corrected chi connectivity index (χ4v) is 4.82. The molecule has 0 aliphatic carbocycles. The zero-order valence-electron chi connectivity index (χ0n) is 23.1. The number of carbonyl (C=O) groups excluding carboxylic acids is 1. The molecule has 1 saturated heterocycles. The average Bonchev–Trinajstić information content (AvgIpc) is 2.95. The lowest BCUT2D eigenvalue weighted by Gasteiger charge is -2.40. The number of ketones is 1. The Bertz CT molecular complexity index is 1160. The minimum absolute atomic E-state index is 0.0528. The Morgan fingerprint density at radius 2 is 1.62 bits per heavy atom. The van der Waals surface area contributed by atoms with E-state index in [9.17, 15) is 9.90 Å². The van der Waals surface area contributed by atoms with E-state index in [1.807, 2.05) is 43.3 Å². The first-order valence-electron chi connectivity index (χ1n) is 13.9. The van der Waals surface area contributed by atoms with Crippen molar-refractivity contribution in [1.82, 2.24) is 9.80 Å². The number of Topliss-reactive ketones (excluding diaryl/α,β-unsaturated/α-hetero) is 1. The van der Waals surface area contributed by atoms with Crippen molar-refractivity contribution in [3.05, 3.63) is 101 Å². The predicted octanol–water partition coefficient (Wildman–Crippen LogP) is 4.68. The summed E-state index contributed by atoms with van der Waals surface area (Å²) in [5.41, 5.74) is 15.1. The van der Waals surface area contributed by atoms with E-state index in [-0.39, 0.29) is 17.6 Å². The van der Waals surface area contributed by atoms with Gasteiger partial charge in [0.25, 0.3) is 0 Å². The molecule has 1 unspecified atom stereocenters. The van der Waals surface area contributed by atoms with Crippen LogP contribution in [0.25, 0.3) is 0 Å². The highest BCUT2D eigenvalue weighted by Gasteiger charge is 2.26. The van der Waals surface area contributed by atoms with E-state index in [1.165, 1.54) is 5.56 Å². The highest BCUT2D eigenvalue weighted by atomic mass is 16.3. The van der Waals surface area contributed by atoms with Crippen LogP contribution in [0, 0.1) is 5.41 Å². The van der Waals surface area contributed by atoms with Crippen molar-refractivity contribution < 1.29 is 9.90 Å². The number of amidine groups is 1. The molecule has 7 nitrogen and oxygen atoms in total. The summed E-state index contributed by atoms with van der Waals surface area (Å²) in [6.07, 6.45) is 3.33. The number of nitrogens with two attached hydrogens (primary N) is 2. The van der Waals surface area contributed by atoms with Gasteiger partial charge in [0.1, 0.15) is 17.4 Å². The van der Waals surface area contributed by atoms with Gasteiger partial charge in [0.15, 0.2) is 0 Å². The molecule has 0 spiro atoms. The first-order chi connectivity index (χ1) is 18.9. The predicted molar refractivity (Wildman–Crippen MR) is 159 cm³/mol.